The van der Waals surface area contributed by atoms with Gasteiger partial charge in [0.05, 0.1) is 12.1 Å². The van der Waals surface area contributed by atoms with Gasteiger partial charge in [-0.05, 0) is 65.4 Å². The number of aryl methyl sites for hydroxylation is 1. The summed E-state index contributed by atoms with van der Waals surface area (Å²) in [5.41, 5.74) is 6.67. The molecule has 0 amide bonds. The maximum absolute atomic E-state index is 5.85. The summed E-state index contributed by atoms with van der Waals surface area (Å²) in [6.45, 7) is 7.27. The van der Waals surface area contributed by atoms with E-state index in [1.54, 1.807) is 0 Å². The van der Waals surface area contributed by atoms with Crippen LogP contribution in [0.5, 0.6) is 5.75 Å². The minimum Gasteiger partial charge on any atom is -0.492 e. The van der Waals surface area contributed by atoms with Gasteiger partial charge in [0.25, 0.3) is 0 Å². The van der Waals surface area contributed by atoms with Crippen molar-refractivity contribution in [1.29, 1.82) is 0 Å². The summed E-state index contributed by atoms with van der Waals surface area (Å²) >= 11 is 0. The molecule has 0 atom stereocenters. The van der Waals surface area contributed by atoms with Gasteiger partial charge in [-0.15, -0.1) is 0 Å². The highest BCUT2D eigenvalue weighted by Crippen LogP contribution is 2.41. The van der Waals surface area contributed by atoms with E-state index in [4.69, 9.17) is 9.72 Å². The van der Waals surface area contributed by atoms with Crippen LogP contribution in [0.4, 0.5) is 17.5 Å². The van der Waals surface area contributed by atoms with Crippen molar-refractivity contribution < 1.29 is 4.74 Å². The van der Waals surface area contributed by atoms with Crippen LogP contribution in [0.1, 0.15) is 25.0 Å². The van der Waals surface area contributed by atoms with Crippen molar-refractivity contribution in [2.75, 3.05) is 24.3 Å². The predicted molar refractivity (Wildman–Crippen MR) is 143 cm³/mol. The summed E-state index contributed by atoms with van der Waals surface area (Å²) in [5, 5.41) is 9.80. The van der Waals surface area contributed by atoms with Crippen LogP contribution < -0.4 is 15.4 Å². The van der Waals surface area contributed by atoms with Gasteiger partial charge < -0.3 is 15.4 Å². The molecular formula is C29H27N5O. The van der Waals surface area contributed by atoms with Crippen molar-refractivity contribution in [3.8, 4) is 16.9 Å². The Morgan fingerprint density at radius 2 is 1.83 bits per heavy atom. The molecule has 2 N–H and O–H groups in total. The quantitative estimate of drug-likeness (QED) is 0.314. The summed E-state index contributed by atoms with van der Waals surface area (Å²) in [4.78, 5) is 13.6. The molecule has 0 spiro atoms. The smallest absolute Gasteiger partial charge is 0.222 e. The molecule has 0 aliphatic carbocycles. The Balaban J connectivity index is 1.44. The molecule has 0 bridgehead atoms. The first-order valence-electron chi connectivity index (χ1n) is 11.8. The van der Waals surface area contributed by atoms with Crippen molar-refractivity contribution in [2.45, 2.75) is 26.2 Å². The fourth-order valence-electron chi connectivity index (χ4n) is 4.89. The molecule has 2 aromatic heterocycles. The summed E-state index contributed by atoms with van der Waals surface area (Å²) < 4.78 is 5.85. The predicted octanol–water partition coefficient (Wildman–Crippen LogP) is 6.61. The van der Waals surface area contributed by atoms with Gasteiger partial charge in [0.15, 0.2) is 0 Å². The number of hydrogen-bond acceptors (Lipinski definition) is 6. The van der Waals surface area contributed by atoms with Crippen LogP contribution in [0.2, 0.25) is 0 Å². The Hall–Kier alpha value is -4.19. The fraction of sp³-hybridized carbons (Fsp3) is 0.207. The van der Waals surface area contributed by atoms with E-state index in [9.17, 15) is 0 Å². The van der Waals surface area contributed by atoms with Crippen LogP contribution in [-0.2, 0) is 5.41 Å². The van der Waals surface area contributed by atoms with Crippen molar-refractivity contribution in [3.05, 3.63) is 78.1 Å². The van der Waals surface area contributed by atoms with E-state index < -0.39 is 0 Å². The third-order valence-corrected chi connectivity index (χ3v) is 6.81. The number of nitrogens with zero attached hydrogens (tertiary/aromatic N) is 3. The maximum Gasteiger partial charge on any atom is 0.222 e. The fourth-order valence-corrected chi connectivity index (χ4v) is 4.89. The number of ether oxygens (including phenoxy) is 1. The van der Waals surface area contributed by atoms with E-state index >= 15 is 0 Å². The molecule has 0 saturated heterocycles. The van der Waals surface area contributed by atoms with Gasteiger partial charge >= 0.3 is 0 Å². The molecule has 5 aromatic rings. The van der Waals surface area contributed by atoms with Crippen LogP contribution in [0.3, 0.4) is 0 Å². The van der Waals surface area contributed by atoms with Gasteiger partial charge in [-0.2, -0.15) is 0 Å². The lowest BCUT2D eigenvalue weighted by atomic mass is 9.87. The third-order valence-electron chi connectivity index (χ3n) is 6.81. The summed E-state index contributed by atoms with van der Waals surface area (Å²) in [6.07, 6.45) is 3.74. The SMILES string of the molecule is CNc1ncc2cc(-c3c(C)ccc4c(Nc5ccc6c(c5)C(C)(C)CO6)nccc34)ccc2n1. The lowest BCUT2D eigenvalue weighted by Gasteiger charge is -2.17. The van der Waals surface area contributed by atoms with E-state index in [0.717, 1.165) is 44.5 Å². The monoisotopic (exact) mass is 461 g/mol. The van der Waals surface area contributed by atoms with Crippen molar-refractivity contribution in [2.24, 2.45) is 0 Å². The first kappa shape index (κ1) is 21.4. The Morgan fingerprint density at radius 3 is 2.69 bits per heavy atom. The molecule has 6 nitrogen and oxygen atoms in total. The van der Waals surface area contributed by atoms with Gasteiger partial charge in [0.2, 0.25) is 5.95 Å². The number of pyridine rings is 1. The molecule has 0 unspecified atom stereocenters. The summed E-state index contributed by atoms with van der Waals surface area (Å²) in [5.74, 6) is 2.42. The zero-order chi connectivity index (χ0) is 24.2. The van der Waals surface area contributed by atoms with E-state index in [0.29, 0.717) is 12.6 Å². The number of nitrogens with one attached hydrogen (secondary N) is 2. The standard InChI is InChI=1S/C29H27N5O/c1-17-5-8-22-21(26(17)18-6-9-24-19(13-18)15-32-28(30-4)34-24)11-12-31-27(22)33-20-7-10-25-23(14-20)29(2,3)16-35-25/h5-15H,16H2,1-4H3,(H,31,33)(H,30,32,34). The van der Waals surface area contributed by atoms with E-state index in [2.05, 4.69) is 89.9 Å². The second-order valence-corrected chi connectivity index (χ2v) is 9.74. The molecule has 6 rings (SSSR count). The molecule has 35 heavy (non-hydrogen) atoms. The number of hydrogen-bond donors (Lipinski definition) is 2. The molecule has 3 aromatic carbocycles. The van der Waals surface area contributed by atoms with Gasteiger partial charge in [-0.1, -0.05) is 32.0 Å². The topological polar surface area (TPSA) is 72.0 Å². The largest absolute Gasteiger partial charge is 0.492 e. The van der Waals surface area contributed by atoms with Crippen LogP contribution in [0.15, 0.2) is 67.0 Å². The number of fused-ring (bicyclic) bond motifs is 3. The normalized spacial score (nSPS) is 14.1. The Labute approximate surface area is 204 Å². The highest BCUT2D eigenvalue weighted by atomic mass is 16.5. The number of anilines is 3. The third kappa shape index (κ3) is 3.62. The van der Waals surface area contributed by atoms with Crippen LogP contribution in [-0.4, -0.2) is 28.6 Å². The van der Waals surface area contributed by atoms with Gasteiger partial charge in [-0.25, -0.2) is 15.0 Å². The van der Waals surface area contributed by atoms with Crippen LogP contribution >= 0.6 is 0 Å². The second-order valence-electron chi connectivity index (χ2n) is 9.74. The zero-order valence-corrected chi connectivity index (χ0v) is 20.3. The minimum atomic E-state index is -0.00274. The maximum atomic E-state index is 5.85. The van der Waals surface area contributed by atoms with E-state index in [1.165, 1.54) is 16.7 Å². The lowest BCUT2D eigenvalue weighted by Crippen LogP contribution is -2.18. The molecule has 1 aliphatic rings. The molecular weight excluding hydrogens is 434 g/mol. The molecule has 174 valence electrons. The first-order valence-corrected chi connectivity index (χ1v) is 11.8. The van der Waals surface area contributed by atoms with Crippen LogP contribution in [0, 0.1) is 6.92 Å². The highest BCUT2D eigenvalue weighted by molar-refractivity contribution is 6.04. The average molecular weight is 462 g/mol. The summed E-state index contributed by atoms with van der Waals surface area (Å²) in [6, 6.07) is 19.0. The van der Waals surface area contributed by atoms with E-state index in [1.807, 2.05) is 25.5 Å². The van der Waals surface area contributed by atoms with Crippen molar-refractivity contribution in [3.63, 3.8) is 0 Å². The zero-order valence-electron chi connectivity index (χ0n) is 20.3. The Kier molecular flexibility index (Phi) is 4.85. The molecule has 0 fully saturated rings. The molecule has 0 radical (unpaired) electrons. The average Bonchev–Trinajstić information content (AvgIpc) is 3.17. The summed E-state index contributed by atoms with van der Waals surface area (Å²) in [7, 11) is 1.83. The molecule has 0 saturated carbocycles. The molecule has 1 aliphatic heterocycles. The van der Waals surface area contributed by atoms with Gasteiger partial charge in [0, 0.05) is 46.9 Å². The first-order chi connectivity index (χ1) is 16.9. The second kappa shape index (κ2) is 7.94. The van der Waals surface area contributed by atoms with E-state index in [-0.39, 0.29) is 5.41 Å². The number of aromatic nitrogens is 3. The van der Waals surface area contributed by atoms with Crippen molar-refractivity contribution >= 4 is 39.1 Å². The molecule has 6 heteroatoms. The minimum absolute atomic E-state index is 0.00274. The number of benzene rings is 3. The van der Waals surface area contributed by atoms with Gasteiger partial charge in [-0.3, -0.25) is 0 Å². The Bertz CT molecular complexity index is 1610. The van der Waals surface area contributed by atoms with Gasteiger partial charge in [0.1, 0.15) is 11.6 Å². The molecule has 3 heterocycles. The highest BCUT2D eigenvalue weighted by Gasteiger charge is 2.31. The van der Waals surface area contributed by atoms with Crippen LogP contribution in [0.25, 0.3) is 32.8 Å². The number of rotatable bonds is 4. The van der Waals surface area contributed by atoms with Crippen molar-refractivity contribution in [1.82, 2.24) is 15.0 Å². The lowest BCUT2D eigenvalue weighted by molar-refractivity contribution is 0.291. The Morgan fingerprint density at radius 1 is 0.943 bits per heavy atom.